The molecular formula is C11H13ClN4S2. The van der Waals surface area contributed by atoms with E-state index in [-0.39, 0.29) is 0 Å². The first-order valence-electron chi connectivity index (χ1n) is 5.70. The predicted molar refractivity (Wildman–Crippen MR) is 80.5 cm³/mol. The Kier molecular flexibility index (Phi) is 3.59. The van der Waals surface area contributed by atoms with Gasteiger partial charge in [0, 0.05) is 35.3 Å². The van der Waals surface area contributed by atoms with E-state index >= 15 is 0 Å². The molecule has 2 aromatic heterocycles. The van der Waals surface area contributed by atoms with Crippen LogP contribution in [0, 0.1) is 0 Å². The summed E-state index contributed by atoms with van der Waals surface area (Å²) < 4.78 is 2.00. The van der Waals surface area contributed by atoms with Crippen molar-refractivity contribution in [3.8, 4) is 0 Å². The largest absolute Gasteiger partial charge is 0.369 e. The number of anilines is 1. The average molecular weight is 301 g/mol. The Hall–Kier alpha value is -0.590. The smallest absolute Gasteiger partial charge is 0.202 e. The number of rotatable bonds is 2. The van der Waals surface area contributed by atoms with Gasteiger partial charge in [-0.05, 0) is 6.07 Å². The Balaban J connectivity index is 1.92. The van der Waals surface area contributed by atoms with E-state index < -0.39 is 0 Å². The van der Waals surface area contributed by atoms with Crippen LogP contribution in [0.4, 0.5) is 5.95 Å². The molecule has 1 atom stereocenters. The van der Waals surface area contributed by atoms with Crippen LogP contribution in [0.2, 0.25) is 5.02 Å². The number of nitrogens with zero attached hydrogens (tertiary/aromatic N) is 3. The molecular weight excluding hydrogens is 288 g/mol. The van der Waals surface area contributed by atoms with E-state index in [9.17, 15) is 0 Å². The molecule has 0 amide bonds. The molecule has 0 aliphatic carbocycles. The molecule has 1 fully saturated rings. The maximum absolute atomic E-state index is 5.97. The van der Waals surface area contributed by atoms with Gasteiger partial charge in [-0.15, -0.1) is 0 Å². The van der Waals surface area contributed by atoms with Crippen molar-refractivity contribution in [3.05, 3.63) is 17.3 Å². The van der Waals surface area contributed by atoms with Crippen LogP contribution in [0.3, 0.4) is 0 Å². The van der Waals surface area contributed by atoms with Crippen LogP contribution < -0.4 is 5.73 Å². The topological polar surface area (TPSA) is 56.7 Å². The maximum Gasteiger partial charge on any atom is 0.202 e. The van der Waals surface area contributed by atoms with Gasteiger partial charge in [-0.1, -0.05) is 11.6 Å². The predicted octanol–water partition coefficient (Wildman–Crippen LogP) is 2.52. The Morgan fingerprint density at radius 2 is 2.39 bits per heavy atom. The quantitative estimate of drug-likeness (QED) is 0.923. The molecule has 1 aliphatic rings. The van der Waals surface area contributed by atoms with Gasteiger partial charge in [0.1, 0.15) is 5.52 Å². The molecule has 1 aliphatic heterocycles. The lowest BCUT2D eigenvalue weighted by Crippen LogP contribution is -2.21. The molecule has 4 nitrogen and oxygen atoms in total. The molecule has 96 valence electrons. The molecule has 18 heavy (non-hydrogen) atoms. The van der Waals surface area contributed by atoms with Gasteiger partial charge in [0.25, 0.3) is 0 Å². The minimum Gasteiger partial charge on any atom is -0.369 e. The molecule has 0 radical (unpaired) electrons. The van der Waals surface area contributed by atoms with Crippen molar-refractivity contribution >= 4 is 52.2 Å². The standard InChI is InChI=1S/C11H13ClN4S2/c12-7-3-9-10(14-4-7)16(11(13)15-9)5-8-6-17-1-2-18-8/h3-4,8H,1-2,5-6H2,(H2,13,15). The Morgan fingerprint density at radius 1 is 1.50 bits per heavy atom. The Labute approximate surface area is 119 Å². The summed E-state index contributed by atoms with van der Waals surface area (Å²) in [5.74, 6) is 4.14. The number of thioether (sulfide) groups is 2. The third kappa shape index (κ3) is 2.41. The SMILES string of the molecule is Nc1nc2cc(Cl)cnc2n1CC1CSCCS1. The fourth-order valence-electron chi connectivity index (χ4n) is 2.03. The van der Waals surface area contributed by atoms with Crippen molar-refractivity contribution in [1.82, 2.24) is 14.5 Å². The molecule has 7 heteroatoms. The van der Waals surface area contributed by atoms with Gasteiger partial charge >= 0.3 is 0 Å². The molecule has 3 rings (SSSR count). The second-order valence-corrected chi connectivity index (χ2v) is 7.14. The van der Waals surface area contributed by atoms with E-state index in [2.05, 4.69) is 9.97 Å². The number of aromatic nitrogens is 3. The highest BCUT2D eigenvalue weighted by Crippen LogP contribution is 2.27. The average Bonchev–Trinajstić information content (AvgIpc) is 2.66. The fourth-order valence-corrected chi connectivity index (χ4v) is 4.83. The van der Waals surface area contributed by atoms with Gasteiger partial charge in [-0.25, -0.2) is 9.97 Å². The number of halogens is 1. The van der Waals surface area contributed by atoms with Crippen molar-refractivity contribution in [2.45, 2.75) is 11.8 Å². The molecule has 0 saturated carbocycles. The van der Waals surface area contributed by atoms with Crippen molar-refractivity contribution in [2.75, 3.05) is 23.0 Å². The second kappa shape index (κ2) is 5.19. The highest BCUT2D eigenvalue weighted by atomic mass is 35.5. The van der Waals surface area contributed by atoms with Crippen molar-refractivity contribution in [1.29, 1.82) is 0 Å². The van der Waals surface area contributed by atoms with E-state index in [1.165, 1.54) is 11.5 Å². The van der Waals surface area contributed by atoms with Crippen LogP contribution in [0.25, 0.3) is 11.2 Å². The number of hydrogen-bond donors (Lipinski definition) is 1. The highest BCUT2D eigenvalue weighted by Gasteiger charge is 2.18. The van der Waals surface area contributed by atoms with E-state index in [0.29, 0.717) is 16.2 Å². The number of nitrogens with two attached hydrogens (primary N) is 1. The van der Waals surface area contributed by atoms with E-state index in [4.69, 9.17) is 17.3 Å². The van der Waals surface area contributed by atoms with Crippen LogP contribution in [0.5, 0.6) is 0 Å². The lowest BCUT2D eigenvalue weighted by Gasteiger charge is -2.21. The first kappa shape index (κ1) is 12.4. The summed E-state index contributed by atoms with van der Waals surface area (Å²) in [5, 5.41) is 1.18. The highest BCUT2D eigenvalue weighted by molar-refractivity contribution is 8.06. The first-order chi connectivity index (χ1) is 8.74. The van der Waals surface area contributed by atoms with E-state index in [0.717, 1.165) is 23.5 Å². The van der Waals surface area contributed by atoms with Gasteiger partial charge in [-0.3, -0.25) is 4.57 Å². The molecule has 3 heterocycles. The number of fused-ring (bicyclic) bond motifs is 1. The van der Waals surface area contributed by atoms with Crippen molar-refractivity contribution in [3.63, 3.8) is 0 Å². The van der Waals surface area contributed by atoms with E-state index in [1.807, 2.05) is 28.1 Å². The number of nitrogen functional groups attached to an aromatic ring is 1. The van der Waals surface area contributed by atoms with Gasteiger partial charge in [-0.2, -0.15) is 23.5 Å². The molecule has 2 aromatic rings. The van der Waals surface area contributed by atoms with Crippen LogP contribution in [-0.4, -0.2) is 37.0 Å². The van der Waals surface area contributed by atoms with Gasteiger partial charge in [0.05, 0.1) is 5.02 Å². The third-order valence-corrected chi connectivity index (χ3v) is 5.89. The second-order valence-electron chi connectivity index (χ2n) is 4.14. The molecule has 1 unspecified atom stereocenters. The summed E-state index contributed by atoms with van der Waals surface area (Å²) in [5.41, 5.74) is 7.57. The van der Waals surface area contributed by atoms with Crippen molar-refractivity contribution < 1.29 is 0 Å². The molecule has 1 saturated heterocycles. The Morgan fingerprint density at radius 3 is 3.17 bits per heavy atom. The number of pyridine rings is 1. The molecule has 2 N–H and O–H groups in total. The lowest BCUT2D eigenvalue weighted by atomic mass is 10.4. The zero-order valence-electron chi connectivity index (χ0n) is 9.67. The number of hydrogen-bond acceptors (Lipinski definition) is 5. The first-order valence-corrected chi connectivity index (χ1v) is 8.29. The van der Waals surface area contributed by atoms with Gasteiger partial charge in [0.15, 0.2) is 5.65 Å². The summed E-state index contributed by atoms with van der Waals surface area (Å²) in [6.45, 7) is 0.870. The zero-order chi connectivity index (χ0) is 12.5. The minimum atomic E-state index is 0.524. The van der Waals surface area contributed by atoms with Gasteiger partial charge in [0.2, 0.25) is 5.95 Å². The lowest BCUT2D eigenvalue weighted by molar-refractivity contribution is 0.718. The normalized spacial score (nSPS) is 20.4. The summed E-state index contributed by atoms with van der Waals surface area (Å²) in [6, 6.07) is 1.81. The molecule has 0 bridgehead atoms. The third-order valence-electron chi connectivity index (χ3n) is 2.85. The van der Waals surface area contributed by atoms with Crippen LogP contribution in [-0.2, 0) is 6.54 Å². The van der Waals surface area contributed by atoms with Crippen LogP contribution in [0.15, 0.2) is 12.3 Å². The van der Waals surface area contributed by atoms with Crippen LogP contribution >= 0.6 is 35.1 Å². The van der Waals surface area contributed by atoms with E-state index in [1.54, 1.807) is 12.3 Å². The summed E-state index contributed by atoms with van der Waals surface area (Å²) in [7, 11) is 0. The zero-order valence-corrected chi connectivity index (χ0v) is 12.1. The minimum absolute atomic E-state index is 0.524. The monoisotopic (exact) mass is 300 g/mol. The summed E-state index contributed by atoms with van der Waals surface area (Å²) in [6.07, 6.45) is 1.64. The maximum atomic E-state index is 5.97. The Bertz CT molecular complexity index is 565. The van der Waals surface area contributed by atoms with Crippen molar-refractivity contribution in [2.24, 2.45) is 0 Å². The fraction of sp³-hybridized carbons (Fsp3) is 0.455. The van der Waals surface area contributed by atoms with Crippen LogP contribution in [0.1, 0.15) is 0 Å². The summed E-state index contributed by atoms with van der Waals surface area (Å²) >= 11 is 9.92. The molecule has 0 spiro atoms. The molecule has 0 aromatic carbocycles. The summed E-state index contributed by atoms with van der Waals surface area (Å²) in [4.78, 5) is 8.66. The van der Waals surface area contributed by atoms with Gasteiger partial charge < -0.3 is 5.73 Å². The number of imidazole rings is 1.